The molecule has 0 saturated carbocycles. The van der Waals surface area contributed by atoms with Crippen molar-refractivity contribution in [3.8, 4) is 5.75 Å². The average molecular weight is 384 g/mol. The van der Waals surface area contributed by atoms with Gasteiger partial charge < -0.3 is 15.4 Å². The number of amides is 1. The smallest absolute Gasteiger partial charge is 0.274 e. The SMILES string of the molecule is CCOc1ccc(Nc2cc(C(=O)Nc3ccc(F)c(F)c3)nc(C)n2)cc1. The van der Waals surface area contributed by atoms with Crippen LogP contribution in [-0.4, -0.2) is 22.5 Å². The van der Waals surface area contributed by atoms with Crippen LogP contribution in [0.15, 0.2) is 48.5 Å². The molecule has 1 heterocycles. The number of aromatic nitrogens is 2. The van der Waals surface area contributed by atoms with Gasteiger partial charge in [-0.05, 0) is 50.2 Å². The number of benzene rings is 2. The largest absolute Gasteiger partial charge is 0.494 e. The van der Waals surface area contributed by atoms with Crippen LogP contribution >= 0.6 is 0 Å². The third-order valence-corrected chi connectivity index (χ3v) is 3.69. The Bertz CT molecular complexity index is 994. The Kier molecular flexibility index (Phi) is 5.78. The van der Waals surface area contributed by atoms with E-state index in [-0.39, 0.29) is 11.4 Å². The minimum Gasteiger partial charge on any atom is -0.494 e. The van der Waals surface area contributed by atoms with Crippen molar-refractivity contribution in [2.24, 2.45) is 0 Å². The van der Waals surface area contributed by atoms with E-state index in [0.29, 0.717) is 18.2 Å². The van der Waals surface area contributed by atoms with Crippen LogP contribution in [0.25, 0.3) is 0 Å². The number of nitrogens with one attached hydrogen (secondary N) is 2. The Hall–Kier alpha value is -3.55. The van der Waals surface area contributed by atoms with Crippen LogP contribution in [0, 0.1) is 18.6 Å². The molecule has 1 amide bonds. The molecule has 1 aromatic heterocycles. The third-order valence-electron chi connectivity index (χ3n) is 3.69. The monoisotopic (exact) mass is 384 g/mol. The lowest BCUT2D eigenvalue weighted by molar-refractivity contribution is 0.102. The molecule has 0 unspecified atom stereocenters. The standard InChI is InChI=1S/C20H18F2N4O2/c1-3-28-15-7-4-13(5-8-15)25-19-11-18(23-12(2)24-19)20(27)26-14-6-9-16(21)17(22)10-14/h4-11H,3H2,1-2H3,(H,26,27)(H,23,24,25). The molecule has 0 aliphatic carbocycles. The maximum Gasteiger partial charge on any atom is 0.274 e. The van der Waals surface area contributed by atoms with E-state index < -0.39 is 17.5 Å². The fourth-order valence-electron chi connectivity index (χ4n) is 2.47. The Morgan fingerprint density at radius 3 is 2.39 bits per heavy atom. The number of carbonyl (C=O) groups excluding carboxylic acids is 1. The Labute approximate surface area is 160 Å². The summed E-state index contributed by atoms with van der Waals surface area (Å²) in [5, 5.41) is 5.58. The van der Waals surface area contributed by atoms with Crippen molar-refractivity contribution in [3.05, 3.63) is 71.7 Å². The topological polar surface area (TPSA) is 76.1 Å². The first-order chi connectivity index (χ1) is 13.4. The van der Waals surface area contributed by atoms with Gasteiger partial charge in [-0.2, -0.15) is 0 Å². The van der Waals surface area contributed by atoms with Crippen molar-refractivity contribution in [3.63, 3.8) is 0 Å². The van der Waals surface area contributed by atoms with Gasteiger partial charge in [-0.3, -0.25) is 4.79 Å². The van der Waals surface area contributed by atoms with E-state index in [0.717, 1.165) is 23.6 Å². The molecule has 0 fully saturated rings. The zero-order valence-corrected chi connectivity index (χ0v) is 15.3. The van der Waals surface area contributed by atoms with Crippen molar-refractivity contribution < 1.29 is 18.3 Å². The van der Waals surface area contributed by atoms with Gasteiger partial charge in [0.1, 0.15) is 23.1 Å². The number of anilines is 3. The molecule has 0 aliphatic rings. The van der Waals surface area contributed by atoms with Gasteiger partial charge in [0.05, 0.1) is 6.61 Å². The molecule has 0 spiro atoms. The molecule has 0 radical (unpaired) electrons. The van der Waals surface area contributed by atoms with Gasteiger partial charge in [-0.1, -0.05) is 0 Å². The van der Waals surface area contributed by atoms with E-state index in [9.17, 15) is 13.6 Å². The summed E-state index contributed by atoms with van der Waals surface area (Å²) >= 11 is 0. The number of aryl methyl sites for hydroxylation is 1. The second kappa shape index (κ2) is 8.43. The van der Waals surface area contributed by atoms with E-state index in [4.69, 9.17) is 4.74 Å². The lowest BCUT2D eigenvalue weighted by Gasteiger charge is -2.10. The predicted octanol–water partition coefficient (Wildman–Crippen LogP) is 4.46. The van der Waals surface area contributed by atoms with Crippen LogP contribution in [0.5, 0.6) is 5.75 Å². The molecule has 3 rings (SSSR count). The van der Waals surface area contributed by atoms with Gasteiger partial charge in [-0.25, -0.2) is 18.7 Å². The molecule has 0 atom stereocenters. The van der Waals surface area contributed by atoms with E-state index >= 15 is 0 Å². The Balaban J connectivity index is 1.76. The van der Waals surface area contributed by atoms with E-state index in [1.165, 1.54) is 12.1 Å². The molecule has 28 heavy (non-hydrogen) atoms. The van der Waals surface area contributed by atoms with E-state index in [2.05, 4.69) is 20.6 Å². The van der Waals surface area contributed by atoms with Gasteiger partial charge in [0.25, 0.3) is 5.91 Å². The molecular formula is C20H18F2N4O2. The van der Waals surface area contributed by atoms with Gasteiger partial charge in [0.15, 0.2) is 11.6 Å². The average Bonchev–Trinajstić information content (AvgIpc) is 2.66. The number of ether oxygens (including phenoxy) is 1. The molecule has 144 valence electrons. The maximum atomic E-state index is 13.3. The molecule has 8 heteroatoms. The van der Waals surface area contributed by atoms with Crippen LogP contribution in [0.4, 0.5) is 26.0 Å². The van der Waals surface area contributed by atoms with Crippen LogP contribution in [0.2, 0.25) is 0 Å². The van der Waals surface area contributed by atoms with Gasteiger partial charge in [-0.15, -0.1) is 0 Å². The molecular weight excluding hydrogens is 366 g/mol. The number of halogens is 2. The molecule has 2 aromatic carbocycles. The molecule has 2 N–H and O–H groups in total. The fourth-order valence-corrected chi connectivity index (χ4v) is 2.47. The first-order valence-electron chi connectivity index (χ1n) is 8.56. The third kappa shape index (κ3) is 4.79. The molecule has 0 bridgehead atoms. The molecule has 6 nitrogen and oxygen atoms in total. The highest BCUT2D eigenvalue weighted by Crippen LogP contribution is 2.20. The molecule has 0 aliphatic heterocycles. The molecule has 3 aromatic rings. The number of hydrogen-bond donors (Lipinski definition) is 2. The second-order valence-corrected chi connectivity index (χ2v) is 5.85. The highest BCUT2D eigenvalue weighted by Gasteiger charge is 2.12. The maximum absolute atomic E-state index is 13.3. The Morgan fingerprint density at radius 2 is 1.71 bits per heavy atom. The second-order valence-electron chi connectivity index (χ2n) is 5.85. The summed E-state index contributed by atoms with van der Waals surface area (Å²) in [6, 6.07) is 11.9. The first-order valence-corrected chi connectivity index (χ1v) is 8.56. The van der Waals surface area contributed by atoms with Crippen molar-refractivity contribution in [1.29, 1.82) is 0 Å². The first kappa shape index (κ1) is 19.2. The normalized spacial score (nSPS) is 10.4. The van der Waals surface area contributed by atoms with Gasteiger partial charge in [0.2, 0.25) is 0 Å². The van der Waals surface area contributed by atoms with Crippen LogP contribution < -0.4 is 15.4 Å². The zero-order chi connectivity index (χ0) is 20.1. The summed E-state index contributed by atoms with van der Waals surface area (Å²) in [6.45, 7) is 4.13. The van der Waals surface area contributed by atoms with E-state index in [1.54, 1.807) is 6.92 Å². The van der Waals surface area contributed by atoms with Gasteiger partial charge >= 0.3 is 0 Å². The minimum absolute atomic E-state index is 0.0886. The summed E-state index contributed by atoms with van der Waals surface area (Å²) < 4.78 is 31.7. The van der Waals surface area contributed by atoms with Crippen molar-refractivity contribution in [2.45, 2.75) is 13.8 Å². The molecule has 0 saturated heterocycles. The summed E-state index contributed by atoms with van der Waals surface area (Å²) in [4.78, 5) is 20.8. The predicted molar refractivity (Wildman–Crippen MR) is 102 cm³/mol. The number of rotatable bonds is 6. The summed E-state index contributed by atoms with van der Waals surface area (Å²) in [5.74, 6) is -1.05. The lowest BCUT2D eigenvalue weighted by atomic mass is 10.2. The fraction of sp³-hybridized carbons (Fsp3) is 0.150. The van der Waals surface area contributed by atoms with Gasteiger partial charge in [0, 0.05) is 23.5 Å². The quantitative estimate of drug-likeness (QED) is 0.656. The highest BCUT2D eigenvalue weighted by atomic mass is 19.2. The highest BCUT2D eigenvalue weighted by molar-refractivity contribution is 6.03. The summed E-state index contributed by atoms with van der Waals surface area (Å²) in [6.07, 6.45) is 0. The number of nitrogens with zero attached hydrogens (tertiary/aromatic N) is 2. The van der Waals surface area contributed by atoms with Crippen LogP contribution in [0.3, 0.4) is 0 Å². The van der Waals surface area contributed by atoms with Crippen molar-refractivity contribution in [1.82, 2.24) is 9.97 Å². The lowest BCUT2D eigenvalue weighted by Crippen LogP contribution is -2.15. The number of hydrogen-bond acceptors (Lipinski definition) is 5. The summed E-state index contributed by atoms with van der Waals surface area (Å²) in [5.41, 5.74) is 0.973. The van der Waals surface area contributed by atoms with Crippen LogP contribution in [-0.2, 0) is 0 Å². The summed E-state index contributed by atoms with van der Waals surface area (Å²) in [7, 11) is 0. The van der Waals surface area contributed by atoms with Crippen molar-refractivity contribution >= 4 is 23.1 Å². The Morgan fingerprint density at radius 1 is 1.00 bits per heavy atom. The van der Waals surface area contributed by atoms with Crippen molar-refractivity contribution in [2.75, 3.05) is 17.2 Å². The minimum atomic E-state index is -1.05. The number of carbonyl (C=O) groups is 1. The van der Waals surface area contributed by atoms with Crippen LogP contribution in [0.1, 0.15) is 23.2 Å². The van der Waals surface area contributed by atoms with E-state index in [1.807, 2.05) is 31.2 Å². The zero-order valence-electron chi connectivity index (χ0n) is 15.3.